The van der Waals surface area contributed by atoms with E-state index in [9.17, 15) is 9.18 Å². The van der Waals surface area contributed by atoms with E-state index in [2.05, 4.69) is 10.5 Å². The Morgan fingerprint density at radius 3 is 2.56 bits per heavy atom. The molecular weight excluding hydrogens is 409 g/mol. The van der Waals surface area contributed by atoms with Gasteiger partial charge in [-0.25, -0.2) is 9.18 Å². The van der Waals surface area contributed by atoms with Gasteiger partial charge in [-0.05, 0) is 35.4 Å². The smallest absolute Gasteiger partial charge is 0.322 e. The van der Waals surface area contributed by atoms with E-state index in [0.717, 1.165) is 16.8 Å². The molecule has 1 aliphatic rings. The van der Waals surface area contributed by atoms with Gasteiger partial charge in [0.15, 0.2) is 6.10 Å². The number of nitrogens with zero attached hydrogens (tertiary/aromatic N) is 2. The molecule has 1 heterocycles. The van der Waals surface area contributed by atoms with Crippen molar-refractivity contribution in [2.75, 3.05) is 19.0 Å². The van der Waals surface area contributed by atoms with Crippen LogP contribution in [-0.2, 0) is 11.4 Å². The molecular formula is C25H24FN3O3. The first-order chi connectivity index (χ1) is 15.6. The van der Waals surface area contributed by atoms with Crippen molar-refractivity contribution in [2.24, 2.45) is 5.16 Å². The Kier molecular flexibility index (Phi) is 6.65. The van der Waals surface area contributed by atoms with Gasteiger partial charge in [0.2, 0.25) is 0 Å². The van der Waals surface area contributed by atoms with Gasteiger partial charge in [0.25, 0.3) is 0 Å². The van der Waals surface area contributed by atoms with Crippen molar-refractivity contribution in [3.05, 3.63) is 95.8 Å². The zero-order chi connectivity index (χ0) is 22.3. The van der Waals surface area contributed by atoms with Gasteiger partial charge in [0.05, 0.1) is 25.1 Å². The number of benzene rings is 3. The number of rotatable bonds is 7. The van der Waals surface area contributed by atoms with Gasteiger partial charge in [-0.3, -0.25) is 0 Å². The summed E-state index contributed by atoms with van der Waals surface area (Å²) in [4.78, 5) is 20.5. The van der Waals surface area contributed by atoms with Gasteiger partial charge >= 0.3 is 6.03 Å². The standard InChI is InChI=1S/C25H24FN3O3/c1-31-24-10-6-5-9-22(24)27-25(30)29(16-18-11-13-20(26)14-12-18)17-21-15-23(28-32-21)19-7-3-2-4-8-19/h2-14,21H,15-17H2,1H3,(H,27,30)/t21-/m0/s1. The second-order valence-corrected chi connectivity index (χ2v) is 7.47. The van der Waals surface area contributed by atoms with Gasteiger partial charge in [0, 0.05) is 13.0 Å². The summed E-state index contributed by atoms with van der Waals surface area (Å²) in [6, 6.07) is 22.8. The van der Waals surface area contributed by atoms with Crippen LogP contribution in [0.4, 0.5) is 14.9 Å². The third kappa shape index (κ3) is 5.24. The number of hydrogen-bond donors (Lipinski definition) is 1. The van der Waals surface area contributed by atoms with Crippen molar-refractivity contribution in [1.82, 2.24) is 4.90 Å². The summed E-state index contributed by atoms with van der Waals surface area (Å²) < 4.78 is 18.7. The van der Waals surface area contributed by atoms with Crippen LogP contribution in [0.25, 0.3) is 0 Å². The molecule has 4 rings (SSSR count). The lowest BCUT2D eigenvalue weighted by molar-refractivity contribution is 0.0608. The summed E-state index contributed by atoms with van der Waals surface area (Å²) in [5, 5.41) is 7.12. The molecule has 3 aromatic carbocycles. The van der Waals surface area contributed by atoms with E-state index >= 15 is 0 Å². The lowest BCUT2D eigenvalue weighted by Gasteiger charge is -2.25. The van der Waals surface area contributed by atoms with Crippen molar-refractivity contribution in [2.45, 2.75) is 19.1 Å². The number of para-hydroxylation sites is 2. The highest BCUT2D eigenvalue weighted by atomic mass is 19.1. The summed E-state index contributed by atoms with van der Waals surface area (Å²) in [5.74, 6) is 0.244. The van der Waals surface area contributed by atoms with Crippen LogP contribution in [0.3, 0.4) is 0 Å². The molecule has 0 saturated carbocycles. The molecule has 0 unspecified atom stereocenters. The van der Waals surface area contributed by atoms with Gasteiger partial charge in [-0.1, -0.05) is 59.8 Å². The second-order valence-electron chi connectivity index (χ2n) is 7.47. The van der Waals surface area contributed by atoms with E-state index in [4.69, 9.17) is 9.57 Å². The summed E-state index contributed by atoms with van der Waals surface area (Å²) in [7, 11) is 1.55. The van der Waals surface area contributed by atoms with Crippen LogP contribution in [0.2, 0.25) is 0 Å². The molecule has 0 spiro atoms. The average Bonchev–Trinajstić information content (AvgIpc) is 3.29. The van der Waals surface area contributed by atoms with Gasteiger partial charge in [0.1, 0.15) is 11.6 Å². The molecule has 1 N–H and O–H groups in total. The van der Waals surface area contributed by atoms with Crippen molar-refractivity contribution in [3.8, 4) is 5.75 Å². The molecule has 0 radical (unpaired) electrons. The predicted octanol–water partition coefficient (Wildman–Crippen LogP) is 5.06. The highest BCUT2D eigenvalue weighted by Gasteiger charge is 2.27. The van der Waals surface area contributed by atoms with Crippen molar-refractivity contribution in [3.63, 3.8) is 0 Å². The largest absolute Gasteiger partial charge is 0.495 e. The number of methoxy groups -OCH3 is 1. The Bertz CT molecular complexity index is 1090. The first-order valence-corrected chi connectivity index (χ1v) is 10.3. The maximum Gasteiger partial charge on any atom is 0.322 e. The topological polar surface area (TPSA) is 63.2 Å². The third-order valence-corrected chi connectivity index (χ3v) is 5.19. The summed E-state index contributed by atoms with van der Waals surface area (Å²) >= 11 is 0. The van der Waals surface area contributed by atoms with Crippen LogP contribution >= 0.6 is 0 Å². The molecule has 0 bridgehead atoms. The Labute approximate surface area is 186 Å². The lowest BCUT2D eigenvalue weighted by Crippen LogP contribution is -2.40. The monoisotopic (exact) mass is 433 g/mol. The predicted molar refractivity (Wildman–Crippen MR) is 121 cm³/mol. The van der Waals surface area contributed by atoms with Crippen LogP contribution in [0.15, 0.2) is 84.0 Å². The maximum atomic E-state index is 13.3. The number of carbonyl (C=O) groups excluding carboxylic acids is 1. The Balaban J connectivity index is 1.48. The highest BCUT2D eigenvalue weighted by molar-refractivity contribution is 6.01. The SMILES string of the molecule is COc1ccccc1NC(=O)N(Cc1ccc(F)cc1)C[C@@H]1CC(c2ccccc2)=NO1. The number of anilines is 1. The van der Waals surface area contributed by atoms with Gasteiger partial charge in [-0.15, -0.1) is 0 Å². The zero-order valence-corrected chi connectivity index (χ0v) is 17.7. The maximum absolute atomic E-state index is 13.3. The molecule has 0 fully saturated rings. The van der Waals surface area contributed by atoms with Gasteiger partial charge in [-0.2, -0.15) is 0 Å². The second kappa shape index (κ2) is 9.96. The lowest BCUT2D eigenvalue weighted by atomic mass is 10.0. The number of ether oxygens (including phenoxy) is 1. The molecule has 3 aromatic rings. The number of nitrogens with one attached hydrogen (secondary N) is 1. The molecule has 7 heteroatoms. The van der Waals surface area contributed by atoms with Gasteiger partial charge < -0.3 is 19.8 Å². The molecule has 0 aliphatic carbocycles. The zero-order valence-electron chi connectivity index (χ0n) is 17.7. The number of hydrogen-bond acceptors (Lipinski definition) is 4. The molecule has 32 heavy (non-hydrogen) atoms. The quantitative estimate of drug-likeness (QED) is 0.566. The molecule has 0 aromatic heterocycles. The van der Waals surface area contributed by atoms with Crippen LogP contribution in [0.5, 0.6) is 5.75 Å². The van der Waals surface area contributed by atoms with Crippen LogP contribution < -0.4 is 10.1 Å². The van der Waals surface area contributed by atoms with E-state index < -0.39 is 0 Å². The van der Waals surface area contributed by atoms with Crippen molar-refractivity contribution in [1.29, 1.82) is 0 Å². The Morgan fingerprint density at radius 1 is 1.09 bits per heavy atom. The highest BCUT2D eigenvalue weighted by Crippen LogP contribution is 2.24. The van der Waals surface area contributed by atoms with Crippen LogP contribution in [-0.4, -0.2) is 36.4 Å². The minimum absolute atomic E-state index is 0.283. The fourth-order valence-corrected chi connectivity index (χ4v) is 3.54. The molecule has 2 amide bonds. The summed E-state index contributed by atoms with van der Waals surface area (Å²) in [6.45, 7) is 0.611. The molecule has 1 aliphatic heterocycles. The van der Waals surface area contributed by atoms with Crippen molar-refractivity contribution >= 4 is 17.4 Å². The molecule has 6 nitrogen and oxygen atoms in total. The van der Waals surface area contributed by atoms with E-state index in [-0.39, 0.29) is 18.0 Å². The fourth-order valence-electron chi connectivity index (χ4n) is 3.54. The number of halogens is 1. The van der Waals surface area contributed by atoms with E-state index in [1.807, 2.05) is 42.5 Å². The van der Waals surface area contributed by atoms with Crippen LogP contribution in [0, 0.1) is 5.82 Å². The number of carbonyl (C=O) groups is 1. The number of oxime groups is 1. The minimum Gasteiger partial charge on any atom is -0.495 e. The first-order valence-electron chi connectivity index (χ1n) is 10.3. The average molecular weight is 433 g/mol. The minimum atomic E-state index is -0.321. The molecule has 0 saturated heterocycles. The normalized spacial score (nSPS) is 14.9. The third-order valence-electron chi connectivity index (χ3n) is 5.19. The number of urea groups is 1. The van der Waals surface area contributed by atoms with E-state index in [1.54, 1.807) is 36.3 Å². The molecule has 1 atom stereocenters. The summed E-state index contributed by atoms with van der Waals surface area (Å²) in [6.07, 6.45) is 0.306. The Morgan fingerprint density at radius 2 is 1.81 bits per heavy atom. The first kappa shape index (κ1) is 21.4. The van der Waals surface area contributed by atoms with Crippen molar-refractivity contribution < 1.29 is 18.8 Å². The van der Waals surface area contributed by atoms with E-state index in [0.29, 0.717) is 30.9 Å². The van der Waals surface area contributed by atoms with E-state index in [1.165, 1.54) is 12.1 Å². The summed E-state index contributed by atoms with van der Waals surface area (Å²) in [5.41, 5.74) is 3.22. The van der Waals surface area contributed by atoms with Crippen LogP contribution in [0.1, 0.15) is 17.5 Å². The fraction of sp³-hybridized carbons (Fsp3) is 0.200. The Hall–Kier alpha value is -3.87. The number of amides is 2. The molecule has 164 valence electrons.